The van der Waals surface area contributed by atoms with Crippen molar-refractivity contribution in [3.63, 3.8) is 0 Å². The SMILES string of the molecule is [2H]C([2H])([2H])c1ccc(-c2[c-]cccc2)nc1.[2H]C([2H])([2H])c1cnc(-c2[c-]ccc3c2oc2nc(-c4c(C([2H])(C)C)cc(-c5ccccc5)cc4C([2H])(C)C)ccc23)cc1C([2H])([2H])[2H].[Ir]. The average molecular weight is 881 g/mol. The van der Waals surface area contributed by atoms with Crippen molar-refractivity contribution >= 4 is 22.1 Å². The van der Waals surface area contributed by atoms with E-state index in [0.717, 1.165) is 39.7 Å². The molecule has 4 heterocycles. The van der Waals surface area contributed by atoms with Crippen LogP contribution in [0.1, 0.15) is 82.4 Å². The van der Waals surface area contributed by atoms with Crippen LogP contribution in [0.3, 0.4) is 0 Å². The van der Waals surface area contributed by atoms with E-state index in [-0.39, 0.29) is 42.5 Å². The maximum atomic E-state index is 9.11. The summed E-state index contributed by atoms with van der Waals surface area (Å²) in [7, 11) is 0. The number of rotatable bonds is 6. The molecule has 8 aromatic rings. The summed E-state index contributed by atoms with van der Waals surface area (Å²) in [5.74, 6) is -2.06. The first kappa shape index (κ1) is 25.7. The molecule has 267 valence electrons. The van der Waals surface area contributed by atoms with Crippen molar-refractivity contribution in [2.45, 2.75) is 60.0 Å². The number of pyridine rings is 3. The van der Waals surface area contributed by atoms with Gasteiger partial charge in [0, 0.05) is 58.5 Å². The van der Waals surface area contributed by atoms with E-state index in [0.29, 0.717) is 38.9 Å². The average Bonchev–Trinajstić information content (AvgIpc) is 3.60. The zero-order valence-electron chi connectivity index (χ0n) is 40.6. The van der Waals surface area contributed by atoms with Crippen LogP contribution >= 0.6 is 0 Å². The molecule has 0 aliphatic heterocycles. The van der Waals surface area contributed by atoms with Crippen LogP contribution in [0.2, 0.25) is 0 Å². The molecule has 0 aliphatic rings. The van der Waals surface area contributed by atoms with Gasteiger partial charge in [-0.1, -0.05) is 105 Å². The van der Waals surface area contributed by atoms with Gasteiger partial charge in [0.25, 0.3) is 0 Å². The quantitative estimate of drug-likeness (QED) is 0.156. The molecule has 0 atom stereocenters. The largest absolute Gasteiger partial charge is 0.486 e. The number of aromatic nitrogens is 3. The third-order valence-electron chi connectivity index (χ3n) is 8.79. The van der Waals surface area contributed by atoms with E-state index in [4.69, 9.17) is 24.5 Å². The van der Waals surface area contributed by atoms with E-state index in [1.807, 2.05) is 107 Å². The molecule has 4 aromatic heterocycles. The molecule has 53 heavy (non-hydrogen) atoms. The fourth-order valence-corrected chi connectivity index (χ4v) is 6.15. The Morgan fingerprint density at radius 3 is 2.04 bits per heavy atom. The smallest absolute Gasteiger partial charge is 0.216 e. The minimum atomic E-state index is -2.68. The molecule has 0 aliphatic carbocycles. The molecule has 4 aromatic carbocycles. The van der Waals surface area contributed by atoms with Crippen LogP contribution in [0.15, 0.2) is 126 Å². The Labute approximate surface area is 342 Å². The zero-order valence-corrected chi connectivity index (χ0v) is 32.0. The number of aryl methyl sites for hydroxylation is 3. The normalized spacial score (nSPS) is 15.3. The number of benzene rings is 4. The van der Waals surface area contributed by atoms with Gasteiger partial charge in [0.15, 0.2) is 0 Å². The van der Waals surface area contributed by atoms with Gasteiger partial charge in [0.1, 0.15) is 0 Å². The number of furan rings is 1. The minimum absolute atomic E-state index is 0. The van der Waals surface area contributed by atoms with E-state index in [2.05, 4.69) is 22.1 Å². The zero-order chi connectivity index (χ0) is 45.7. The van der Waals surface area contributed by atoms with Crippen LogP contribution in [0.4, 0.5) is 0 Å². The van der Waals surface area contributed by atoms with Crippen LogP contribution < -0.4 is 0 Å². The molecule has 0 N–H and O–H groups in total. The third kappa shape index (κ3) is 7.93. The summed E-state index contributed by atoms with van der Waals surface area (Å²) in [4.78, 5) is 13.4. The molecule has 5 heteroatoms. The van der Waals surface area contributed by atoms with Crippen LogP contribution in [0.25, 0.3) is 67.0 Å². The van der Waals surface area contributed by atoms with Crippen LogP contribution in [0.5, 0.6) is 0 Å². The van der Waals surface area contributed by atoms with Gasteiger partial charge in [0.05, 0.1) is 11.3 Å². The Kier molecular flexibility index (Phi) is 7.86. The number of nitrogens with zero attached hydrogens (tertiary/aromatic N) is 3. The fourth-order valence-electron chi connectivity index (χ4n) is 6.15. The molecule has 0 fully saturated rings. The predicted octanol–water partition coefficient (Wildman–Crippen LogP) is 12.9. The summed E-state index contributed by atoms with van der Waals surface area (Å²) in [6.45, 7) is -0.137. The molecule has 1 radical (unpaired) electrons. The molecular formula is C48H43IrN3O-2. The van der Waals surface area contributed by atoms with E-state index in [1.54, 1.807) is 24.3 Å². The summed E-state index contributed by atoms with van der Waals surface area (Å²) < 4.78 is 93.6. The van der Waals surface area contributed by atoms with Crippen LogP contribution in [-0.4, -0.2) is 15.0 Å². The second-order valence-electron chi connectivity index (χ2n) is 12.9. The minimum Gasteiger partial charge on any atom is -0.486 e. The van der Waals surface area contributed by atoms with E-state index in [1.165, 1.54) is 12.3 Å². The van der Waals surface area contributed by atoms with Crippen LogP contribution in [0, 0.1) is 32.7 Å². The van der Waals surface area contributed by atoms with Crippen molar-refractivity contribution in [1.29, 1.82) is 0 Å². The Balaban J connectivity index is 0.000000336. The Morgan fingerprint density at radius 2 is 1.38 bits per heavy atom. The molecule has 0 unspecified atom stereocenters. The third-order valence-corrected chi connectivity index (χ3v) is 8.79. The van der Waals surface area contributed by atoms with E-state index in [9.17, 15) is 0 Å². The first-order valence-corrected chi connectivity index (χ1v) is 16.8. The topological polar surface area (TPSA) is 51.8 Å². The van der Waals surface area contributed by atoms with E-state index >= 15 is 0 Å². The summed E-state index contributed by atoms with van der Waals surface area (Å²) in [6.07, 6.45) is 2.48. The molecule has 0 saturated carbocycles. The maximum absolute atomic E-state index is 9.11. The van der Waals surface area contributed by atoms with Gasteiger partial charge in [-0.15, -0.1) is 54.1 Å². The van der Waals surface area contributed by atoms with Crippen molar-refractivity contribution in [2.24, 2.45) is 0 Å². The van der Waals surface area contributed by atoms with Crippen molar-refractivity contribution in [1.82, 2.24) is 15.0 Å². The molecule has 8 rings (SSSR count). The standard InChI is InChI=1S/C36H33N2O.C12H10N.Ir/c1-21(2)30-18-26(25-11-8-7-9-12-25)19-31(22(3)4)34(30)32-16-15-28-27-13-10-14-29(35(27)39-36(28)38-32)33-17-23(5)24(6)20-37-33;1-10-7-8-12(13-9-10)11-5-3-2-4-6-11;/h7-13,15-22H,1-6H3;2-5,7-9H,1H3;/q2*-1;/i5D3,6D3,21D,22D;1D3;. The van der Waals surface area contributed by atoms with Gasteiger partial charge in [0.2, 0.25) is 5.71 Å². The van der Waals surface area contributed by atoms with Gasteiger partial charge < -0.3 is 14.4 Å². The van der Waals surface area contributed by atoms with Crippen molar-refractivity contribution < 1.29 is 39.6 Å². The fraction of sp³-hybridized carbons (Fsp3) is 0.188. The Bertz CT molecular complexity index is 2880. The summed E-state index contributed by atoms with van der Waals surface area (Å²) in [6, 6.07) is 39.3. The van der Waals surface area contributed by atoms with Gasteiger partial charge >= 0.3 is 0 Å². The van der Waals surface area contributed by atoms with Gasteiger partial charge in [-0.25, -0.2) is 4.98 Å². The molecule has 0 spiro atoms. The first-order valence-electron chi connectivity index (χ1n) is 22.3. The molecule has 4 nitrogen and oxygen atoms in total. The number of hydrogen-bond acceptors (Lipinski definition) is 4. The van der Waals surface area contributed by atoms with Crippen molar-refractivity contribution in [3.8, 4) is 44.9 Å². The van der Waals surface area contributed by atoms with Gasteiger partial charge in [-0.3, -0.25) is 0 Å². The number of fused-ring (bicyclic) bond motifs is 3. The predicted molar refractivity (Wildman–Crippen MR) is 215 cm³/mol. The van der Waals surface area contributed by atoms with E-state index < -0.39 is 32.3 Å². The molecular weight excluding hydrogens is 827 g/mol. The second-order valence-corrected chi connectivity index (χ2v) is 12.9. The summed E-state index contributed by atoms with van der Waals surface area (Å²) >= 11 is 0. The molecule has 0 saturated heterocycles. The van der Waals surface area contributed by atoms with Gasteiger partial charge in [-0.05, 0) is 89.2 Å². The Morgan fingerprint density at radius 1 is 0.642 bits per heavy atom. The molecule has 0 amide bonds. The monoisotopic (exact) mass is 881 g/mol. The summed E-state index contributed by atoms with van der Waals surface area (Å²) in [5.41, 5.74) is 7.08. The first-order chi connectivity index (χ1) is 29.4. The Hall–Kier alpha value is -5.22. The van der Waals surface area contributed by atoms with Crippen LogP contribution in [-0.2, 0) is 20.1 Å². The van der Waals surface area contributed by atoms with Gasteiger partial charge in [-0.2, -0.15) is 0 Å². The second kappa shape index (κ2) is 16.2. The maximum Gasteiger partial charge on any atom is 0.216 e. The molecule has 0 bridgehead atoms. The van der Waals surface area contributed by atoms with Crippen molar-refractivity contribution in [3.05, 3.63) is 162 Å². The summed E-state index contributed by atoms with van der Waals surface area (Å²) in [5, 5.41) is 1.40. The van der Waals surface area contributed by atoms with Crippen molar-refractivity contribution in [2.75, 3.05) is 0 Å². The number of hydrogen-bond donors (Lipinski definition) is 0.